The second kappa shape index (κ2) is 5.13. The van der Waals surface area contributed by atoms with Gasteiger partial charge < -0.3 is 4.57 Å². The van der Waals surface area contributed by atoms with Gasteiger partial charge in [-0.05, 0) is 31.2 Å². The summed E-state index contributed by atoms with van der Waals surface area (Å²) >= 11 is 0. The average Bonchev–Trinajstić information content (AvgIpc) is 2.85. The number of amides is 1. The minimum Gasteiger partial charge on any atom is -0.310 e. The van der Waals surface area contributed by atoms with Crippen LogP contribution in [0.15, 0.2) is 48.8 Å². The van der Waals surface area contributed by atoms with Crippen molar-refractivity contribution in [2.24, 2.45) is 0 Å². The molecule has 0 spiro atoms. The van der Waals surface area contributed by atoms with E-state index in [4.69, 9.17) is 0 Å². The molecule has 20 heavy (non-hydrogen) atoms. The van der Waals surface area contributed by atoms with Gasteiger partial charge in [-0.2, -0.15) is 0 Å². The maximum Gasteiger partial charge on any atom is 0.259 e. The van der Waals surface area contributed by atoms with Gasteiger partial charge in [0, 0.05) is 18.9 Å². The molecular formula is C15H14N4O. The summed E-state index contributed by atoms with van der Waals surface area (Å²) in [4.78, 5) is 20.6. The molecule has 0 saturated heterocycles. The summed E-state index contributed by atoms with van der Waals surface area (Å²) in [7, 11) is 0. The average molecular weight is 266 g/mol. The van der Waals surface area contributed by atoms with Crippen molar-refractivity contribution in [2.75, 3.05) is 5.32 Å². The number of nitrogens with one attached hydrogen (secondary N) is 1. The third-order valence-corrected chi connectivity index (χ3v) is 3.12. The lowest BCUT2D eigenvalue weighted by molar-refractivity contribution is 0.102. The van der Waals surface area contributed by atoms with E-state index in [1.165, 1.54) is 6.20 Å². The highest BCUT2D eigenvalue weighted by Crippen LogP contribution is 2.19. The van der Waals surface area contributed by atoms with E-state index in [0.717, 1.165) is 17.6 Å². The lowest BCUT2D eigenvalue weighted by Gasteiger charge is -2.07. The number of hydrogen-bond acceptors (Lipinski definition) is 3. The van der Waals surface area contributed by atoms with Crippen LogP contribution in [-0.2, 0) is 6.54 Å². The number of aromatic nitrogens is 3. The molecule has 0 aliphatic heterocycles. The molecule has 0 radical (unpaired) electrons. The maximum atomic E-state index is 12.2. The van der Waals surface area contributed by atoms with E-state index in [-0.39, 0.29) is 5.91 Å². The number of carbonyl (C=O) groups excluding carboxylic acids is 1. The van der Waals surface area contributed by atoms with Crippen LogP contribution in [-0.4, -0.2) is 20.4 Å². The topological polar surface area (TPSA) is 59.8 Å². The van der Waals surface area contributed by atoms with Gasteiger partial charge in [0.05, 0.1) is 16.6 Å². The summed E-state index contributed by atoms with van der Waals surface area (Å²) in [6.07, 6.45) is 3.17. The van der Waals surface area contributed by atoms with Gasteiger partial charge in [0.2, 0.25) is 5.95 Å². The number of nitrogens with zero attached hydrogens (tertiary/aromatic N) is 3. The largest absolute Gasteiger partial charge is 0.310 e. The molecule has 100 valence electrons. The van der Waals surface area contributed by atoms with E-state index in [1.807, 2.05) is 35.8 Å². The van der Waals surface area contributed by atoms with Gasteiger partial charge >= 0.3 is 0 Å². The minimum absolute atomic E-state index is 0.205. The number of para-hydroxylation sites is 2. The van der Waals surface area contributed by atoms with Crippen molar-refractivity contribution in [3.8, 4) is 0 Å². The van der Waals surface area contributed by atoms with Gasteiger partial charge in [0.15, 0.2) is 0 Å². The molecule has 0 saturated carbocycles. The summed E-state index contributed by atoms with van der Waals surface area (Å²) in [5, 5.41) is 2.84. The predicted molar refractivity (Wildman–Crippen MR) is 77.6 cm³/mol. The van der Waals surface area contributed by atoms with Crippen molar-refractivity contribution in [3.63, 3.8) is 0 Å². The third-order valence-electron chi connectivity index (χ3n) is 3.12. The summed E-state index contributed by atoms with van der Waals surface area (Å²) in [6, 6.07) is 11.3. The number of rotatable bonds is 3. The molecule has 5 heteroatoms. The standard InChI is InChI=1S/C15H14N4O/c1-2-19-13-8-4-3-7-12(13)17-15(19)18-14(20)11-6-5-9-16-10-11/h3-10H,2H2,1H3,(H,17,18,20). The molecule has 1 N–H and O–H groups in total. The summed E-state index contributed by atoms with van der Waals surface area (Å²) in [6.45, 7) is 2.76. The molecule has 0 bridgehead atoms. The molecule has 5 nitrogen and oxygen atoms in total. The number of aryl methyl sites for hydroxylation is 1. The number of carbonyl (C=O) groups is 1. The van der Waals surface area contributed by atoms with Crippen LogP contribution in [0.4, 0.5) is 5.95 Å². The lowest BCUT2D eigenvalue weighted by atomic mass is 10.3. The Bertz CT molecular complexity index is 749. The van der Waals surface area contributed by atoms with E-state index in [0.29, 0.717) is 11.5 Å². The number of fused-ring (bicyclic) bond motifs is 1. The number of benzene rings is 1. The summed E-state index contributed by atoms with van der Waals surface area (Å²) in [5.74, 6) is 0.352. The van der Waals surface area contributed by atoms with Crippen LogP contribution < -0.4 is 5.32 Å². The van der Waals surface area contributed by atoms with E-state index in [2.05, 4.69) is 15.3 Å². The molecule has 0 aliphatic rings. The van der Waals surface area contributed by atoms with Crippen molar-refractivity contribution in [3.05, 3.63) is 54.4 Å². The number of hydrogen-bond donors (Lipinski definition) is 1. The molecule has 3 aromatic rings. The van der Waals surface area contributed by atoms with Crippen molar-refractivity contribution in [2.45, 2.75) is 13.5 Å². The summed E-state index contributed by atoms with van der Waals surface area (Å²) < 4.78 is 1.98. The first-order valence-electron chi connectivity index (χ1n) is 6.46. The Hall–Kier alpha value is -2.69. The van der Waals surface area contributed by atoms with E-state index in [9.17, 15) is 4.79 Å². The molecule has 0 unspecified atom stereocenters. The fourth-order valence-electron chi connectivity index (χ4n) is 2.16. The monoisotopic (exact) mass is 266 g/mol. The Balaban J connectivity index is 1.97. The van der Waals surface area contributed by atoms with Gasteiger partial charge in [-0.15, -0.1) is 0 Å². The fourth-order valence-corrected chi connectivity index (χ4v) is 2.16. The number of imidazole rings is 1. The zero-order valence-corrected chi connectivity index (χ0v) is 11.1. The van der Waals surface area contributed by atoms with E-state index >= 15 is 0 Å². The van der Waals surface area contributed by atoms with Gasteiger partial charge in [0.25, 0.3) is 5.91 Å². The second-order valence-electron chi connectivity index (χ2n) is 4.36. The molecule has 1 amide bonds. The van der Waals surface area contributed by atoms with Crippen molar-refractivity contribution >= 4 is 22.9 Å². The highest BCUT2D eigenvalue weighted by atomic mass is 16.1. The molecule has 0 fully saturated rings. The highest BCUT2D eigenvalue weighted by Gasteiger charge is 2.13. The first-order chi connectivity index (χ1) is 9.79. The van der Waals surface area contributed by atoms with Crippen LogP contribution in [0.25, 0.3) is 11.0 Å². The van der Waals surface area contributed by atoms with Crippen LogP contribution in [0.1, 0.15) is 17.3 Å². The van der Waals surface area contributed by atoms with Gasteiger partial charge in [0.1, 0.15) is 0 Å². The fraction of sp³-hybridized carbons (Fsp3) is 0.133. The lowest BCUT2D eigenvalue weighted by Crippen LogP contribution is -2.15. The van der Waals surface area contributed by atoms with E-state index < -0.39 is 0 Å². The number of anilines is 1. The Morgan fingerprint density at radius 1 is 1.25 bits per heavy atom. The predicted octanol–water partition coefficient (Wildman–Crippen LogP) is 2.70. The molecule has 2 heterocycles. The first-order valence-corrected chi connectivity index (χ1v) is 6.46. The van der Waals surface area contributed by atoms with Crippen LogP contribution >= 0.6 is 0 Å². The van der Waals surface area contributed by atoms with Crippen LogP contribution in [0.5, 0.6) is 0 Å². The van der Waals surface area contributed by atoms with E-state index in [1.54, 1.807) is 18.3 Å². The van der Waals surface area contributed by atoms with Crippen LogP contribution in [0.3, 0.4) is 0 Å². The SMILES string of the molecule is CCn1c(NC(=O)c2cccnc2)nc2ccccc21. The maximum absolute atomic E-state index is 12.2. The highest BCUT2D eigenvalue weighted by molar-refractivity contribution is 6.03. The molecule has 3 rings (SSSR count). The number of pyridine rings is 1. The van der Waals surface area contributed by atoms with Crippen molar-refractivity contribution in [1.29, 1.82) is 0 Å². The second-order valence-corrected chi connectivity index (χ2v) is 4.36. The Morgan fingerprint density at radius 3 is 2.85 bits per heavy atom. The zero-order valence-electron chi connectivity index (χ0n) is 11.1. The Morgan fingerprint density at radius 2 is 2.10 bits per heavy atom. The quantitative estimate of drug-likeness (QED) is 0.793. The zero-order chi connectivity index (χ0) is 13.9. The molecule has 1 aromatic carbocycles. The normalized spacial score (nSPS) is 10.7. The summed E-state index contributed by atoms with van der Waals surface area (Å²) in [5.41, 5.74) is 2.40. The van der Waals surface area contributed by atoms with Gasteiger partial charge in [-0.1, -0.05) is 12.1 Å². The van der Waals surface area contributed by atoms with Gasteiger partial charge in [-0.3, -0.25) is 15.1 Å². The molecular weight excluding hydrogens is 252 g/mol. The Kier molecular flexibility index (Phi) is 3.16. The van der Waals surface area contributed by atoms with Crippen molar-refractivity contribution in [1.82, 2.24) is 14.5 Å². The van der Waals surface area contributed by atoms with Crippen LogP contribution in [0.2, 0.25) is 0 Å². The Labute approximate surface area is 116 Å². The molecule has 2 aromatic heterocycles. The minimum atomic E-state index is -0.205. The smallest absolute Gasteiger partial charge is 0.259 e. The van der Waals surface area contributed by atoms with Gasteiger partial charge in [-0.25, -0.2) is 4.98 Å². The van der Waals surface area contributed by atoms with Crippen molar-refractivity contribution < 1.29 is 4.79 Å². The first kappa shape index (κ1) is 12.3. The molecule has 0 aliphatic carbocycles. The third kappa shape index (κ3) is 2.14. The molecule has 0 atom stereocenters. The van der Waals surface area contributed by atoms with Crippen LogP contribution in [0, 0.1) is 0 Å².